The van der Waals surface area contributed by atoms with Crippen molar-refractivity contribution in [3.8, 4) is 0 Å². The van der Waals surface area contributed by atoms with Gasteiger partial charge in [-0.1, -0.05) is 0 Å². The Morgan fingerprint density at radius 3 is 2.50 bits per heavy atom. The molecule has 0 bridgehead atoms. The van der Waals surface area contributed by atoms with E-state index in [-0.39, 0.29) is 31.8 Å². The number of nitrogens with two attached hydrogens (primary N) is 1. The molecule has 0 saturated carbocycles. The topological polar surface area (TPSA) is 106 Å². The van der Waals surface area contributed by atoms with Crippen molar-refractivity contribution in [1.82, 2.24) is 0 Å². The van der Waals surface area contributed by atoms with Gasteiger partial charge in [-0.05, 0) is 6.42 Å². The molecular weight excluding hydrogens is 188 g/mol. The van der Waals surface area contributed by atoms with Gasteiger partial charge in [0.25, 0.3) is 0 Å². The molecule has 0 spiro atoms. The van der Waals surface area contributed by atoms with Crippen molar-refractivity contribution in [2.24, 2.45) is 5.73 Å². The summed E-state index contributed by atoms with van der Waals surface area (Å²) in [4.78, 5) is 19.4. The SMILES string of the molecule is Cl.N[C@@H](CCC[N+](=O)[O-])C(=O)O. The normalized spacial score (nSPS) is 11.4. The summed E-state index contributed by atoms with van der Waals surface area (Å²) < 4.78 is 0. The lowest BCUT2D eigenvalue weighted by molar-refractivity contribution is -0.480. The minimum atomic E-state index is -1.12. The second-order valence-electron chi connectivity index (χ2n) is 2.14. The number of nitrogens with zero attached hydrogens (tertiary/aromatic N) is 1. The molecule has 12 heavy (non-hydrogen) atoms. The summed E-state index contributed by atoms with van der Waals surface area (Å²) in [6.07, 6.45) is 0.358. The van der Waals surface area contributed by atoms with Crippen molar-refractivity contribution in [2.75, 3.05) is 6.54 Å². The van der Waals surface area contributed by atoms with E-state index in [2.05, 4.69) is 0 Å². The zero-order valence-electron chi connectivity index (χ0n) is 6.30. The molecule has 6 nitrogen and oxygen atoms in total. The minimum absolute atomic E-state index is 0. The van der Waals surface area contributed by atoms with E-state index in [4.69, 9.17) is 10.8 Å². The van der Waals surface area contributed by atoms with Crippen molar-refractivity contribution in [1.29, 1.82) is 0 Å². The fourth-order valence-electron chi connectivity index (χ4n) is 0.564. The van der Waals surface area contributed by atoms with Crippen LogP contribution in [0.1, 0.15) is 12.8 Å². The molecule has 0 aromatic carbocycles. The van der Waals surface area contributed by atoms with Gasteiger partial charge >= 0.3 is 5.97 Å². The van der Waals surface area contributed by atoms with Gasteiger partial charge in [-0.2, -0.15) is 0 Å². The van der Waals surface area contributed by atoms with Gasteiger partial charge in [0.15, 0.2) is 0 Å². The van der Waals surface area contributed by atoms with E-state index < -0.39 is 16.9 Å². The number of rotatable bonds is 5. The highest BCUT2D eigenvalue weighted by Crippen LogP contribution is 1.94. The van der Waals surface area contributed by atoms with E-state index in [1.165, 1.54) is 0 Å². The van der Waals surface area contributed by atoms with Gasteiger partial charge < -0.3 is 10.8 Å². The van der Waals surface area contributed by atoms with E-state index in [0.717, 1.165) is 0 Å². The number of nitro groups is 1. The number of halogens is 1. The van der Waals surface area contributed by atoms with E-state index in [1.54, 1.807) is 0 Å². The first-order valence-electron chi connectivity index (χ1n) is 3.14. The third-order valence-corrected chi connectivity index (χ3v) is 1.17. The molecule has 72 valence electrons. The van der Waals surface area contributed by atoms with Gasteiger partial charge in [0.2, 0.25) is 6.54 Å². The molecule has 0 aliphatic rings. The maximum Gasteiger partial charge on any atom is 0.320 e. The number of carbonyl (C=O) groups is 1. The summed E-state index contributed by atoms with van der Waals surface area (Å²) in [6.45, 7) is -0.221. The smallest absolute Gasteiger partial charge is 0.320 e. The quantitative estimate of drug-likeness (QED) is 0.473. The van der Waals surface area contributed by atoms with E-state index in [9.17, 15) is 14.9 Å². The lowest BCUT2D eigenvalue weighted by atomic mass is 10.2. The zero-order chi connectivity index (χ0) is 8.85. The van der Waals surface area contributed by atoms with Crippen LogP contribution in [-0.4, -0.2) is 28.6 Å². The predicted molar refractivity (Wildman–Crippen MR) is 44.0 cm³/mol. The summed E-state index contributed by atoms with van der Waals surface area (Å²) in [5, 5.41) is 18.0. The van der Waals surface area contributed by atoms with Gasteiger partial charge in [0.05, 0.1) is 0 Å². The van der Waals surface area contributed by atoms with Crippen LogP contribution in [0.2, 0.25) is 0 Å². The standard InChI is InChI=1S/C5H10N2O4.ClH/c6-4(5(8)9)2-1-3-7(10)11;/h4H,1-3,6H2,(H,8,9);1H/t4-;/m0./s1. The van der Waals surface area contributed by atoms with E-state index >= 15 is 0 Å². The molecule has 0 saturated heterocycles. The highest BCUT2D eigenvalue weighted by molar-refractivity contribution is 5.85. The fraction of sp³-hybridized carbons (Fsp3) is 0.800. The summed E-state index contributed by atoms with van der Waals surface area (Å²) in [5.74, 6) is -1.12. The van der Waals surface area contributed by atoms with Gasteiger partial charge in [-0.3, -0.25) is 14.9 Å². The molecule has 0 aliphatic heterocycles. The number of aliphatic carboxylic acids is 1. The minimum Gasteiger partial charge on any atom is -0.480 e. The second kappa shape index (κ2) is 6.81. The van der Waals surface area contributed by atoms with Gasteiger partial charge in [0, 0.05) is 11.3 Å². The van der Waals surface area contributed by atoms with Crippen molar-refractivity contribution in [3.63, 3.8) is 0 Å². The summed E-state index contributed by atoms with van der Waals surface area (Å²) in [6, 6.07) is -0.977. The lowest BCUT2D eigenvalue weighted by Crippen LogP contribution is -2.30. The molecule has 0 aliphatic carbocycles. The Kier molecular flexibility index (Phi) is 7.77. The van der Waals surface area contributed by atoms with Crippen molar-refractivity contribution in [3.05, 3.63) is 10.1 Å². The number of carboxylic acid groups (broad SMARTS) is 1. The van der Waals surface area contributed by atoms with Crippen LogP contribution in [0.5, 0.6) is 0 Å². The van der Waals surface area contributed by atoms with Crippen LogP contribution >= 0.6 is 12.4 Å². The highest BCUT2D eigenvalue weighted by Gasteiger charge is 2.11. The van der Waals surface area contributed by atoms with Crippen LogP contribution in [0.4, 0.5) is 0 Å². The molecule has 1 atom stereocenters. The average molecular weight is 199 g/mol. The van der Waals surface area contributed by atoms with E-state index in [1.807, 2.05) is 0 Å². The molecular formula is C5H11ClN2O4. The molecule has 0 fully saturated rings. The van der Waals surface area contributed by atoms with Gasteiger partial charge in [0.1, 0.15) is 6.04 Å². The first-order chi connectivity index (χ1) is 5.04. The molecule has 0 unspecified atom stereocenters. The van der Waals surface area contributed by atoms with Crippen molar-refractivity contribution >= 4 is 18.4 Å². The Hall–Kier alpha value is -0.880. The Morgan fingerprint density at radius 1 is 1.67 bits per heavy atom. The molecule has 3 N–H and O–H groups in total. The number of hydrogen-bond donors (Lipinski definition) is 2. The van der Waals surface area contributed by atoms with E-state index in [0.29, 0.717) is 0 Å². The summed E-state index contributed by atoms with van der Waals surface area (Å²) in [7, 11) is 0. The maximum atomic E-state index is 10.1. The van der Waals surface area contributed by atoms with Crippen molar-refractivity contribution in [2.45, 2.75) is 18.9 Å². The first kappa shape index (κ1) is 13.7. The van der Waals surface area contributed by atoms with Crippen LogP contribution < -0.4 is 5.73 Å². The third-order valence-electron chi connectivity index (χ3n) is 1.17. The molecule has 0 aromatic heterocycles. The Balaban J connectivity index is 0. The largest absolute Gasteiger partial charge is 0.480 e. The van der Waals surface area contributed by atoms with Gasteiger partial charge in [-0.15, -0.1) is 12.4 Å². The zero-order valence-corrected chi connectivity index (χ0v) is 7.12. The molecule has 7 heteroatoms. The van der Waals surface area contributed by atoms with Crippen molar-refractivity contribution < 1.29 is 14.8 Å². The van der Waals surface area contributed by atoms with Gasteiger partial charge in [-0.25, -0.2) is 0 Å². The molecule has 0 heterocycles. The predicted octanol–water partition coefficient (Wildman–Crippen LogP) is -0.123. The van der Waals surface area contributed by atoms with Crippen LogP contribution in [-0.2, 0) is 4.79 Å². The first-order valence-corrected chi connectivity index (χ1v) is 3.14. The molecule has 0 radical (unpaired) electrons. The monoisotopic (exact) mass is 198 g/mol. The average Bonchev–Trinajstić information content (AvgIpc) is 1.86. The fourth-order valence-corrected chi connectivity index (χ4v) is 0.564. The lowest BCUT2D eigenvalue weighted by Gasteiger charge is -2.01. The molecule has 0 rings (SSSR count). The Morgan fingerprint density at radius 2 is 2.17 bits per heavy atom. The molecule has 0 aromatic rings. The number of carboxylic acids is 1. The van der Waals surface area contributed by atoms with Crippen LogP contribution in [0.15, 0.2) is 0 Å². The van der Waals surface area contributed by atoms with Crippen LogP contribution in [0.3, 0.4) is 0 Å². The Bertz CT molecular complexity index is 164. The highest BCUT2D eigenvalue weighted by atomic mass is 35.5. The second-order valence-corrected chi connectivity index (χ2v) is 2.14. The van der Waals surface area contributed by atoms with Crippen LogP contribution in [0.25, 0.3) is 0 Å². The third kappa shape index (κ3) is 7.23. The molecule has 0 amide bonds. The number of hydrogen-bond acceptors (Lipinski definition) is 4. The summed E-state index contributed by atoms with van der Waals surface area (Å²) in [5.41, 5.74) is 5.08. The summed E-state index contributed by atoms with van der Waals surface area (Å²) >= 11 is 0. The maximum absolute atomic E-state index is 10.1. The van der Waals surface area contributed by atoms with Crippen LogP contribution in [0, 0.1) is 10.1 Å². The Labute approximate surface area is 75.3 Å².